The third-order valence-electron chi connectivity index (χ3n) is 14.1. The second kappa shape index (κ2) is 12.6. The third-order valence-corrected chi connectivity index (χ3v) is 14.1. The maximum Gasteiger partial charge on any atom is 0.118 e. The van der Waals surface area contributed by atoms with Gasteiger partial charge in [0, 0.05) is 21.7 Å². The summed E-state index contributed by atoms with van der Waals surface area (Å²) in [5, 5.41) is 0. The Morgan fingerprint density at radius 3 is 1.20 bits per heavy atom. The van der Waals surface area contributed by atoms with Gasteiger partial charge in [-0.15, -0.1) is 0 Å². The van der Waals surface area contributed by atoms with Gasteiger partial charge in [-0.2, -0.15) is 0 Å². The van der Waals surface area contributed by atoms with Crippen LogP contribution < -0.4 is 4.74 Å². The van der Waals surface area contributed by atoms with Gasteiger partial charge in [0.05, 0.1) is 7.11 Å². The minimum Gasteiger partial charge on any atom is -0.497 e. The zero-order valence-electron chi connectivity index (χ0n) is 32.0. The molecule has 2 unspecified atom stereocenters. The van der Waals surface area contributed by atoms with Gasteiger partial charge < -0.3 is 4.74 Å². The summed E-state index contributed by atoms with van der Waals surface area (Å²) in [5.41, 5.74) is 17.2. The molecule has 0 aromatic heterocycles. The Labute approximate surface area is 302 Å². The van der Waals surface area contributed by atoms with Gasteiger partial charge >= 0.3 is 0 Å². The Hall–Kier alpha value is -4.10. The van der Waals surface area contributed by atoms with Crippen LogP contribution in [0.3, 0.4) is 0 Å². The lowest BCUT2D eigenvalue weighted by atomic mass is 9.68. The lowest BCUT2D eigenvalue weighted by Crippen LogP contribution is -2.28. The summed E-state index contributed by atoms with van der Waals surface area (Å²) in [5.74, 6) is 0.905. The minimum atomic E-state index is -0.103. The summed E-state index contributed by atoms with van der Waals surface area (Å²) < 4.78 is 5.50. The first-order valence-corrected chi connectivity index (χ1v) is 19.3. The van der Waals surface area contributed by atoms with Gasteiger partial charge in [0.15, 0.2) is 0 Å². The number of ether oxygens (including phenoxy) is 1. The van der Waals surface area contributed by atoms with E-state index in [1.165, 1.54) is 66.8 Å². The molecule has 0 radical (unpaired) electrons. The van der Waals surface area contributed by atoms with Crippen molar-refractivity contribution >= 4 is 0 Å². The number of methoxy groups -OCH3 is 1. The van der Waals surface area contributed by atoms with Gasteiger partial charge in [-0.3, -0.25) is 0 Å². The maximum atomic E-state index is 5.50. The molecule has 0 fully saturated rings. The minimum absolute atomic E-state index is 0.0148. The van der Waals surface area contributed by atoms with E-state index in [9.17, 15) is 0 Å². The van der Waals surface area contributed by atoms with E-state index in [1.54, 1.807) is 7.11 Å². The van der Waals surface area contributed by atoms with Crippen molar-refractivity contribution in [1.29, 1.82) is 0 Å². The lowest BCUT2D eigenvalue weighted by molar-refractivity contribution is 0.414. The summed E-state index contributed by atoms with van der Waals surface area (Å²) in [6, 6.07) is 40.2. The van der Waals surface area contributed by atoms with Crippen LogP contribution >= 0.6 is 0 Å². The topological polar surface area (TPSA) is 9.23 Å². The second-order valence-electron chi connectivity index (χ2n) is 15.5. The predicted octanol–water partition coefficient (Wildman–Crippen LogP) is 13.3. The van der Waals surface area contributed by atoms with Gasteiger partial charge in [-0.1, -0.05) is 146 Å². The first kappa shape index (κ1) is 34.4. The molecule has 0 heterocycles. The van der Waals surface area contributed by atoms with Gasteiger partial charge in [-0.05, 0) is 117 Å². The largest absolute Gasteiger partial charge is 0.497 e. The molecule has 5 aromatic carbocycles. The summed E-state index contributed by atoms with van der Waals surface area (Å²) in [6.07, 6.45) is 6.46. The van der Waals surface area contributed by atoms with Crippen LogP contribution in [-0.4, -0.2) is 7.11 Å². The zero-order valence-corrected chi connectivity index (χ0v) is 32.0. The molecule has 258 valence electrons. The van der Waals surface area contributed by atoms with Crippen molar-refractivity contribution in [2.45, 2.75) is 116 Å². The van der Waals surface area contributed by atoms with E-state index >= 15 is 0 Å². The second-order valence-corrected chi connectivity index (χ2v) is 15.5. The fourth-order valence-corrected chi connectivity index (χ4v) is 10.1. The Bertz CT molecular complexity index is 2040. The SMILES string of the molecule is CCC(C)(c1ccc(OC)cc1)c1ccc2c(c1)C(CC)(CC)c1cc(C(C)(CC)c3ccc4c(c3)C(CC)(CC)c3ccccc3-4)ccc1-2. The Balaban J connectivity index is 1.34. The molecule has 2 atom stereocenters. The molecule has 0 N–H and O–H groups in total. The monoisotopic (exact) mass is 660 g/mol. The summed E-state index contributed by atoms with van der Waals surface area (Å²) in [4.78, 5) is 0. The number of rotatable bonds is 11. The van der Waals surface area contributed by atoms with E-state index in [0.717, 1.165) is 44.3 Å². The first-order chi connectivity index (χ1) is 24.1. The third kappa shape index (κ3) is 4.64. The van der Waals surface area contributed by atoms with Crippen molar-refractivity contribution in [1.82, 2.24) is 0 Å². The van der Waals surface area contributed by atoms with Crippen LogP contribution in [-0.2, 0) is 21.7 Å². The quantitative estimate of drug-likeness (QED) is 0.137. The van der Waals surface area contributed by atoms with E-state index in [2.05, 4.69) is 159 Å². The van der Waals surface area contributed by atoms with Crippen LogP contribution in [0.25, 0.3) is 22.3 Å². The van der Waals surface area contributed by atoms with E-state index < -0.39 is 0 Å². The average molecular weight is 661 g/mol. The molecule has 50 heavy (non-hydrogen) atoms. The fraction of sp³-hybridized carbons (Fsp3) is 0.388. The highest BCUT2D eigenvalue weighted by Crippen LogP contribution is 2.57. The van der Waals surface area contributed by atoms with E-state index in [1.807, 2.05) is 0 Å². The Morgan fingerprint density at radius 2 is 0.800 bits per heavy atom. The Kier molecular flexibility index (Phi) is 8.65. The molecule has 1 nitrogen and oxygen atoms in total. The predicted molar refractivity (Wildman–Crippen MR) is 213 cm³/mol. The number of fused-ring (bicyclic) bond motifs is 6. The van der Waals surface area contributed by atoms with Crippen molar-refractivity contribution < 1.29 is 4.74 Å². The summed E-state index contributed by atoms with van der Waals surface area (Å²) >= 11 is 0. The van der Waals surface area contributed by atoms with Crippen LogP contribution in [0.2, 0.25) is 0 Å². The molecular weight excluding hydrogens is 605 g/mol. The van der Waals surface area contributed by atoms with Crippen molar-refractivity contribution in [3.63, 3.8) is 0 Å². The van der Waals surface area contributed by atoms with E-state index in [0.29, 0.717) is 0 Å². The number of hydrogen-bond acceptors (Lipinski definition) is 1. The average Bonchev–Trinajstić information content (AvgIpc) is 3.63. The zero-order chi connectivity index (χ0) is 35.5. The van der Waals surface area contributed by atoms with Crippen molar-refractivity contribution in [3.8, 4) is 28.0 Å². The van der Waals surface area contributed by atoms with Crippen LogP contribution in [0, 0.1) is 0 Å². The van der Waals surface area contributed by atoms with Crippen LogP contribution in [0.5, 0.6) is 5.75 Å². The summed E-state index contributed by atoms with van der Waals surface area (Å²) in [7, 11) is 1.74. The van der Waals surface area contributed by atoms with Gasteiger partial charge in [-0.25, -0.2) is 0 Å². The molecule has 7 rings (SSSR count). The molecule has 1 heteroatoms. The van der Waals surface area contributed by atoms with Crippen molar-refractivity contribution in [2.24, 2.45) is 0 Å². The van der Waals surface area contributed by atoms with Crippen LogP contribution in [0.15, 0.2) is 103 Å². The maximum absolute atomic E-state index is 5.50. The smallest absolute Gasteiger partial charge is 0.118 e. The molecule has 0 spiro atoms. The highest BCUT2D eigenvalue weighted by atomic mass is 16.5. The highest BCUT2D eigenvalue weighted by Gasteiger charge is 2.44. The molecular formula is C49H56O. The van der Waals surface area contributed by atoms with E-state index in [4.69, 9.17) is 4.74 Å². The molecule has 2 aliphatic carbocycles. The molecule has 2 aliphatic rings. The number of benzene rings is 5. The van der Waals surface area contributed by atoms with E-state index in [-0.39, 0.29) is 21.7 Å². The molecule has 0 aliphatic heterocycles. The number of hydrogen-bond donors (Lipinski definition) is 0. The molecule has 5 aromatic rings. The molecule has 0 bridgehead atoms. The van der Waals surface area contributed by atoms with Gasteiger partial charge in [0.25, 0.3) is 0 Å². The molecule has 0 saturated carbocycles. The highest BCUT2D eigenvalue weighted by molar-refractivity contribution is 5.83. The molecule has 0 amide bonds. The molecule has 0 saturated heterocycles. The van der Waals surface area contributed by atoms with Gasteiger partial charge in [0.2, 0.25) is 0 Å². The van der Waals surface area contributed by atoms with Crippen LogP contribution in [0.4, 0.5) is 0 Å². The Morgan fingerprint density at radius 1 is 0.440 bits per heavy atom. The summed E-state index contributed by atoms with van der Waals surface area (Å²) in [6.45, 7) is 19.1. The lowest BCUT2D eigenvalue weighted by Gasteiger charge is -2.36. The standard InChI is InChI=1S/C49H56O/c1-10-46(7,33-20-25-37(50-9)26-21-33)34-22-28-40-41-29-24-36(32-45(41)49(14-5,15-6)44(40)30-34)47(8,11-2)35-23-27-39-38-18-16-17-19-42(38)48(12-3,13-4)43(39)31-35/h16-32H,10-15H2,1-9H3. The first-order valence-electron chi connectivity index (χ1n) is 19.3. The fourth-order valence-electron chi connectivity index (χ4n) is 10.1. The normalized spacial score (nSPS) is 17.2. The van der Waals surface area contributed by atoms with Crippen LogP contribution in [0.1, 0.15) is 138 Å². The van der Waals surface area contributed by atoms with Crippen molar-refractivity contribution in [3.05, 3.63) is 148 Å². The van der Waals surface area contributed by atoms with Gasteiger partial charge in [0.1, 0.15) is 5.75 Å². The van der Waals surface area contributed by atoms with Crippen molar-refractivity contribution in [2.75, 3.05) is 7.11 Å².